The average Bonchev–Trinajstić information content (AvgIpc) is 3.26. The SMILES string of the molecule is COc1ccccc1CNC(=O)[C@@H]1CS[C@@]2(c3ccccc3)CCC(=O)N12. The number of para-hydroxylation sites is 1. The van der Waals surface area contributed by atoms with E-state index in [-0.39, 0.29) is 11.8 Å². The third-order valence-electron chi connectivity index (χ3n) is 5.30. The van der Waals surface area contributed by atoms with E-state index < -0.39 is 10.9 Å². The van der Waals surface area contributed by atoms with Gasteiger partial charge in [-0.15, -0.1) is 11.8 Å². The lowest BCUT2D eigenvalue weighted by atomic mass is 10.0. The molecule has 140 valence electrons. The van der Waals surface area contributed by atoms with Gasteiger partial charge < -0.3 is 15.0 Å². The van der Waals surface area contributed by atoms with Crippen molar-refractivity contribution in [3.8, 4) is 5.75 Å². The number of hydrogen-bond acceptors (Lipinski definition) is 4. The molecule has 0 saturated carbocycles. The molecule has 2 aliphatic heterocycles. The first-order valence-corrected chi connectivity index (χ1v) is 10.1. The van der Waals surface area contributed by atoms with Gasteiger partial charge in [-0.3, -0.25) is 9.59 Å². The fourth-order valence-electron chi connectivity index (χ4n) is 3.98. The molecule has 2 atom stereocenters. The second-order valence-corrected chi connectivity index (χ2v) is 8.07. The van der Waals surface area contributed by atoms with E-state index >= 15 is 0 Å². The van der Waals surface area contributed by atoms with Gasteiger partial charge >= 0.3 is 0 Å². The Morgan fingerprint density at radius 2 is 1.96 bits per heavy atom. The van der Waals surface area contributed by atoms with Gasteiger partial charge in [0.2, 0.25) is 11.8 Å². The zero-order valence-electron chi connectivity index (χ0n) is 15.2. The highest BCUT2D eigenvalue weighted by molar-refractivity contribution is 8.00. The van der Waals surface area contributed by atoms with Crippen molar-refractivity contribution >= 4 is 23.6 Å². The van der Waals surface area contributed by atoms with Crippen LogP contribution in [0.15, 0.2) is 54.6 Å². The Labute approximate surface area is 163 Å². The van der Waals surface area contributed by atoms with Gasteiger partial charge in [-0.25, -0.2) is 0 Å². The van der Waals surface area contributed by atoms with Crippen molar-refractivity contribution in [2.24, 2.45) is 0 Å². The number of nitrogens with one attached hydrogen (secondary N) is 1. The molecule has 0 aliphatic carbocycles. The smallest absolute Gasteiger partial charge is 0.244 e. The number of methoxy groups -OCH3 is 1. The lowest BCUT2D eigenvalue weighted by Gasteiger charge is -2.34. The van der Waals surface area contributed by atoms with Gasteiger partial charge in [0.15, 0.2) is 0 Å². The van der Waals surface area contributed by atoms with E-state index in [0.29, 0.717) is 18.7 Å². The molecule has 4 rings (SSSR count). The quantitative estimate of drug-likeness (QED) is 0.864. The molecule has 0 spiro atoms. The topological polar surface area (TPSA) is 58.6 Å². The second-order valence-electron chi connectivity index (χ2n) is 6.77. The minimum atomic E-state index is -0.445. The third-order valence-corrected chi connectivity index (χ3v) is 6.90. The van der Waals surface area contributed by atoms with Crippen LogP contribution < -0.4 is 10.1 Å². The Hall–Kier alpha value is -2.47. The highest BCUT2D eigenvalue weighted by Gasteiger charge is 2.56. The summed E-state index contributed by atoms with van der Waals surface area (Å²) in [5, 5.41) is 2.99. The van der Waals surface area contributed by atoms with Crippen LogP contribution in [0, 0.1) is 0 Å². The molecule has 2 amide bonds. The first-order valence-electron chi connectivity index (χ1n) is 9.07. The van der Waals surface area contributed by atoms with E-state index in [1.165, 1.54) is 0 Å². The van der Waals surface area contributed by atoms with E-state index in [4.69, 9.17) is 4.74 Å². The van der Waals surface area contributed by atoms with Gasteiger partial charge in [-0.1, -0.05) is 48.5 Å². The molecule has 0 aromatic heterocycles. The Balaban J connectivity index is 1.53. The van der Waals surface area contributed by atoms with E-state index in [9.17, 15) is 9.59 Å². The average molecular weight is 382 g/mol. The lowest BCUT2D eigenvalue weighted by molar-refractivity contribution is -0.138. The number of amides is 2. The van der Waals surface area contributed by atoms with Gasteiger partial charge in [0.1, 0.15) is 16.7 Å². The number of carbonyl (C=O) groups is 2. The number of rotatable bonds is 5. The van der Waals surface area contributed by atoms with Gasteiger partial charge in [-0.05, 0) is 18.1 Å². The molecule has 6 heteroatoms. The molecule has 2 fully saturated rings. The Bertz CT molecular complexity index is 858. The number of carbonyl (C=O) groups excluding carboxylic acids is 2. The number of thioether (sulfide) groups is 1. The molecule has 2 aliphatic rings. The molecule has 0 bridgehead atoms. The summed E-state index contributed by atoms with van der Waals surface area (Å²) in [7, 11) is 1.62. The van der Waals surface area contributed by atoms with Crippen molar-refractivity contribution < 1.29 is 14.3 Å². The largest absolute Gasteiger partial charge is 0.496 e. The molecular formula is C21H22N2O3S. The molecule has 27 heavy (non-hydrogen) atoms. The fraction of sp³-hybridized carbons (Fsp3) is 0.333. The highest BCUT2D eigenvalue weighted by atomic mass is 32.2. The van der Waals surface area contributed by atoms with Crippen molar-refractivity contribution in [3.05, 3.63) is 65.7 Å². The number of fused-ring (bicyclic) bond motifs is 1. The molecule has 2 heterocycles. The van der Waals surface area contributed by atoms with E-state index in [1.54, 1.807) is 18.9 Å². The normalized spacial score (nSPS) is 24.0. The van der Waals surface area contributed by atoms with Crippen molar-refractivity contribution in [2.45, 2.75) is 30.3 Å². The molecule has 2 saturated heterocycles. The molecular weight excluding hydrogens is 360 g/mol. The molecule has 0 unspecified atom stereocenters. The zero-order valence-corrected chi connectivity index (χ0v) is 16.0. The maximum atomic E-state index is 12.9. The predicted octanol–water partition coefficient (Wildman–Crippen LogP) is 2.90. The Kier molecular flexibility index (Phi) is 4.83. The molecule has 1 N–H and O–H groups in total. The van der Waals surface area contributed by atoms with Crippen molar-refractivity contribution in [2.75, 3.05) is 12.9 Å². The van der Waals surface area contributed by atoms with Crippen LogP contribution >= 0.6 is 11.8 Å². The number of benzene rings is 2. The fourth-order valence-corrected chi connectivity index (χ4v) is 5.64. The first kappa shape index (κ1) is 17.9. The molecule has 0 radical (unpaired) electrons. The van der Waals surface area contributed by atoms with Crippen LogP contribution in [0.1, 0.15) is 24.0 Å². The summed E-state index contributed by atoms with van der Waals surface area (Å²) >= 11 is 1.70. The van der Waals surface area contributed by atoms with Crippen LogP contribution in [-0.2, 0) is 21.0 Å². The second kappa shape index (κ2) is 7.27. The van der Waals surface area contributed by atoms with E-state index in [2.05, 4.69) is 5.32 Å². The summed E-state index contributed by atoms with van der Waals surface area (Å²) in [4.78, 5) is 27.0. The summed E-state index contributed by atoms with van der Waals surface area (Å²) in [6.45, 7) is 0.379. The maximum Gasteiger partial charge on any atom is 0.244 e. The lowest BCUT2D eigenvalue weighted by Crippen LogP contribution is -2.49. The van der Waals surface area contributed by atoms with Gasteiger partial charge in [0.05, 0.1) is 7.11 Å². The monoisotopic (exact) mass is 382 g/mol. The van der Waals surface area contributed by atoms with Crippen molar-refractivity contribution in [1.29, 1.82) is 0 Å². The third kappa shape index (κ3) is 3.08. The van der Waals surface area contributed by atoms with Crippen LogP contribution in [0.5, 0.6) is 5.75 Å². The van der Waals surface area contributed by atoms with Crippen LogP contribution in [0.2, 0.25) is 0 Å². The maximum absolute atomic E-state index is 12.9. The van der Waals surface area contributed by atoms with Gasteiger partial charge in [0, 0.05) is 24.3 Å². The summed E-state index contributed by atoms with van der Waals surface area (Å²) in [6, 6.07) is 17.2. The minimum absolute atomic E-state index is 0.0568. The standard InChI is InChI=1S/C21H22N2O3S/c1-26-18-10-6-5-7-15(18)13-22-20(25)17-14-27-21(12-11-19(24)23(17)21)16-8-3-2-4-9-16/h2-10,17H,11-14H2,1H3,(H,22,25)/t17-,21+/m0/s1. The summed E-state index contributed by atoms with van der Waals surface area (Å²) in [5.74, 6) is 1.30. The highest BCUT2D eigenvalue weighted by Crippen LogP contribution is 2.54. The van der Waals surface area contributed by atoms with Crippen LogP contribution in [-0.4, -0.2) is 35.6 Å². The predicted molar refractivity (Wildman–Crippen MR) is 105 cm³/mol. The van der Waals surface area contributed by atoms with Crippen LogP contribution in [0.4, 0.5) is 0 Å². The zero-order chi connectivity index (χ0) is 18.9. The minimum Gasteiger partial charge on any atom is -0.496 e. The molecule has 2 aromatic rings. The van der Waals surface area contributed by atoms with E-state index in [0.717, 1.165) is 23.3 Å². The summed E-state index contributed by atoms with van der Waals surface area (Å²) in [6.07, 6.45) is 1.23. The number of nitrogens with zero attached hydrogens (tertiary/aromatic N) is 1. The Morgan fingerprint density at radius 1 is 1.22 bits per heavy atom. The van der Waals surface area contributed by atoms with Crippen molar-refractivity contribution in [1.82, 2.24) is 10.2 Å². The van der Waals surface area contributed by atoms with Gasteiger partial charge in [-0.2, -0.15) is 0 Å². The van der Waals surface area contributed by atoms with E-state index in [1.807, 2.05) is 59.5 Å². The summed E-state index contributed by atoms with van der Waals surface area (Å²) in [5.41, 5.74) is 2.02. The number of ether oxygens (including phenoxy) is 1. The van der Waals surface area contributed by atoms with Gasteiger partial charge in [0.25, 0.3) is 0 Å². The summed E-state index contributed by atoms with van der Waals surface area (Å²) < 4.78 is 5.34. The number of hydrogen-bond donors (Lipinski definition) is 1. The Morgan fingerprint density at radius 3 is 2.74 bits per heavy atom. The molecule has 2 aromatic carbocycles. The first-order chi connectivity index (χ1) is 13.2. The van der Waals surface area contributed by atoms with Crippen LogP contribution in [0.3, 0.4) is 0 Å². The molecule has 5 nitrogen and oxygen atoms in total. The van der Waals surface area contributed by atoms with Crippen molar-refractivity contribution in [3.63, 3.8) is 0 Å². The van der Waals surface area contributed by atoms with Crippen LogP contribution in [0.25, 0.3) is 0 Å².